The molecule has 1 aliphatic heterocycles. The maximum absolute atomic E-state index is 13.1. The van der Waals surface area contributed by atoms with E-state index in [0.717, 1.165) is 12.0 Å². The lowest BCUT2D eigenvalue weighted by atomic mass is 10.2. The number of benzene rings is 2. The molecule has 0 aromatic heterocycles. The van der Waals surface area contributed by atoms with Gasteiger partial charge in [-0.3, -0.25) is 9.10 Å². The molecule has 0 atom stereocenters. The van der Waals surface area contributed by atoms with Gasteiger partial charge in [-0.15, -0.1) is 0 Å². The van der Waals surface area contributed by atoms with E-state index in [9.17, 15) is 13.2 Å². The number of methoxy groups -OCH3 is 1. The van der Waals surface area contributed by atoms with Crippen molar-refractivity contribution in [1.29, 1.82) is 0 Å². The summed E-state index contributed by atoms with van der Waals surface area (Å²) in [7, 11) is -2.30. The van der Waals surface area contributed by atoms with Crippen molar-refractivity contribution in [3.8, 4) is 5.75 Å². The minimum atomic E-state index is -3.76. The van der Waals surface area contributed by atoms with Crippen LogP contribution in [0.5, 0.6) is 5.75 Å². The maximum atomic E-state index is 13.1. The fourth-order valence-corrected chi connectivity index (χ4v) is 4.57. The summed E-state index contributed by atoms with van der Waals surface area (Å²) >= 11 is 0. The van der Waals surface area contributed by atoms with Gasteiger partial charge in [0.15, 0.2) is 0 Å². The van der Waals surface area contributed by atoms with Crippen LogP contribution in [0.2, 0.25) is 0 Å². The molecule has 1 heterocycles. The highest BCUT2D eigenvalue weighted by atomic mass is 32.2. The lowest BCUT2D eigenvalue weighted by molar-refractivity contribution is 0.0950. The van der Waals surface area contributed by atoms with Crippen LogP contribution in [-0.2, 0) is 16.4 Å². The minimum Gasteiger partial charge on any atom is -0.496 e. The van der Waals surface area contributed by atoms with Crippen molar-refractivity contribution in [2.45, 2.75) is 24.7 Å². The molecule has 138 valence electrons. The Morgan fingerprint density at radius 3 is 2.73 bits per heavy atom. The summed E-state index contributed by atoms with van der Waals surface area (Å²) < 4.78 is 32.9. The molecule has 0 aliphatic carbocycles. The van der Waals surface area contributed by atoms with Crippen molar-refractivity contribution in [2.24, 2.45) is 0 Å². The number of nitrogens with one attached hydrogen (secondary N) is 1. The number of anilines is 1. The number of fused-ring (bicyclic) bond motifs is 1. The van der Waals surface area contributed by atoms with Gasteiger partial charge in [-0.25, -0.2) is 8.42 Å². The largest absolute Gasteiger partial charge is 0.496 e. The first kappa shape index (κ1) is 18.3. The predicted octanol–water partition coefficient (Wildman–Crippen LogP) is 2.59. The number of carbonyl (C=O) groups excluding carboxylic acids is 1. The fourth-order valence-electron chi connectivity index (χ4n) is 3.04. The Morgan fingerprint density at radius 1 is 1.23 bits per heavy atom. The fraction of sp³-hybridized carbons (Fsp3) is 0.316. The van der Waals surface area contributed by atoms with Crippen molar-refractivity contribution in [3.05, 3.63) is 53.6 Å². The van der Waals surface area contributed by atoms with Crippen LogP contribution in [0, 0.1) is 0 Å². The molecule has 1 amide bonds. The van der Waals surface area contributed by atoms with Gasteiger partial charge in [-0.2, -0.15) is 0 Å². The first-order valence-electron chi connectivity index (χ1n) is 8.56. The summed E-state index contributed by atoms with van der Waals surface area (Å²) in [6.07, 6.45) is 1.46. The lowest BCUT2D eigenvalue weighted by Crippen LogP contribution is -2.30. The summed E-state index contributed by atoms with van der Waals surface area (Å²) in [4.78, 5) is 12.5. The number of carbonyl (C=O) groups is 1. The van der Waals surface area contributed by atoms with Gasteiger partial charge in [0.05, 0.1) is 23.3 Å². The van der Waals surface area contributed by atoms with Crippen LogP contribution in [0.15, 0.2) is 47.4 Å². The molecule has 0 radical (unpaired) electrons. The Kier molecular flexibility index (Phi) is 5.18. The van der Waals surface area contributed by atoms with E-state index in [1.54, 1.807) is 6.07 Å². The third-order valence-corrected chi connectivity index (χ3v) is 6.19. The molecule has 0 spiro atoms. The average molecular weight is 374 g/mol. The molecule has 0 bridgehead atoms. The van der Waals surface area contributed by atoms with E-state index < -0.39 is 10.0 Å². The minimum absolute atomic E-state index is 0.0802. The molecule has 1 N–H and O–H groups in total. The normalized spacial score (nSPS) is 13.4. The van der Waals surface area contributed by atoms with Crippen molar-refractivity contribution >= 4 is 21.6 Å². The van der Waals surface area contributed by atoms with Gasteiger partial charge in [-0.05, 0) is 42.7 Å². The van der Waals surface area contributed by atoms with Crippen LogP contribution in [-0.4, -0.2) is 34.5 Å². The van der Waals surface area contributed by atoms with Gasteiger partial charge in [0.2, 0.25) is 0 Å². The second-order valence-corrected chi connectivity index (χ2v) is 7.94. The SMILES string of the molecule is CCCNC(=O)c1cc(S(=O)(=O)N2CCc3ccccc32)ccc1OC. The molecule has 7 heteroatoms. The summed E-state index contributed by atoms with van der Waals surface area (Å²) in [5.74, 6) is 0.00180. The number of sulfonamides is 1. The quantitative estimate of drug-likeness (QED) is 0.843. The summed E-state index contributed by atoms with van der Waals surface area (Å²) in [6, 6.07) is 11.9. The summed E-state index contributed by atoms with van der Waals surface area (Å²) in [5, 5.41) is 2.76. The molecule has 3 rings (SSSR count). The smallest absolute Gasteiger partial charge is 0.264 e. The van der Waals surface area contributed by atoms with E-state index in [4.69, 9.17) is 4.74 Å². The topological polar surface area (TPSA) is 75.7 Å². The highest BCUT2D eigenvalue weighted by molar-refractivity contribution is 7.92. The van der Waals surface area contributed by atoms with Crippen LogP contribution in [0.1, 0.15) is 29.3 Å². The Morgan fingerprint density at radius 2 is 2.00 bits per heavy atom. The zero-order valence-electron chi connectivity index (χ0n) is 14.9. The molecule has 2 aromatic carbocycles. The second-order valence-electron chi connectivity index (χ2n) is 6.07. The van der Waals surface area contributed by atoms with Gasteiger partial charge >= 0.3 is 0 Å². The van der Waals surface area contributed by atoms with E-state index >= 15 is 0 Å². The molecule has 2 aromatic rings. The first-order valence-corrected chi connectivity index (χ1v) is 10.00. The maximum Gasteiger partial charge on any atom is 0.264 e. The number of ether oxygens (including phenoxy) is 1. The molecule has 1 aliphatic rings. The molecular weight excluding hydrogens is 352 g/mol. The van der Waals surface area contributed by atoms with Crippen molar-refractivity contribution < 1.29 is 17.9 Å². The Bertz CT molecular complexity index is 925. The number of para-hydroxylation sites is 1. The van der Waals surface area contributed by atoms with Crippen LogP contribution in [0.25, 0.3) is 0 Å². The van der Waals surface area contributed by atoms with Crippen molar-refractivity contribution in [2.75, 3.05) is 24.5 Å². The monoisotopic (exact) mass is 374 g/mol. The van der Waals surface area contributed by atoms with Gasteiger partial charge in [0.1, 0.15) is 5.75 Å². The van der Waals surface area contributed by atoms with Crippen LogP contribution >= 0.6 is 0 Å². The van der Waals surface area contributed by atoms with Crippen LogP contribution in [0.3, 0.4) is 0 Å². The number of rotatable bonds is 6. The Hall–Kier alpha value is -2.54. The highest BCUT2D eigenvalue weighted by Crippen LogP contribution is 2.33. The summed E-state index contributed by atoms with van der Waals surface area (Å²) in [6.45, 7) is 2.85. The molecule has 0 fully saturated rings. The predicted molar refractivity (Wildman–Crippen MR) is 100 cm³/mol. The second kappa shape index (κ2) is 7.37. The number of amides is 1. The molecule has 0 saturated carbocycles. The van der Waals surface area contributed by atoms with Gasteiger partial charge in [0, 0.05) is 13.1 Å². The van der Waals surface area contributed by atoms with Crippen LogP contribution < -0.4 is 14.4 Å². The van der Waals surface area contributed by atoms with E-state index in [-0.39, 0.29) is 16.4 Å². The zero-order chi connectivity index (χ0) is 18.7. The number of hydrogen-bond acceptors (Lipinski definition) is 4. The Labute approximate surface area is 153 Å². The third kappa shape index (κ3) is 3.26. The lowest BCUT2D eigenvalue weighted by Gasteiger charge is -2.20. The van der Waals surface area contributed by atoms with Crippen molar-refractivity contribution in [1.82, 2.24) is 5.32 Å². The summed E-state index contributed by atoms with van der Waals surface area (Å²) in [5.41, 5.74) is 1.92. The highest BCUT2D eigenvalue weighted by Gasteiger charge is 2.31. The molecule has 0 unspecified atom stereocenters. The Balaban J connectivity index is 2.00. The number of nitrogens with zero attached hydrogens (tertiary/aromatic N) is 1. The third-order valence-electron chi connectivity index (χ3n) is 4.38. The molecular formula is C19H22N2O4S. The molecule has 0 saturated heterocycles. The average Bonchev–Trinajstić information content (AvgIpc) is 3.10. The van der Waals surface area contributed by atoms with E-state index in [1.807, 2.05) is 25.1 Å². The van der Waals surface area contributed by atoms with Crippen LogP contribution in [0.4, 0.5) is 5.69 Å². The molecule has 26 heavy (non-hydrogen) atoms. The standard InChI is InChI=1S/C19H22N2O4S/c1-3-11-20-19(22)16-13-15(8-9-18(16)25-2)26(23,24)21-12-10-14-6-4-5-7-17(14)21/h4-9,13H,3,10-12H2,1-2H3,(H,20,22). The van der Waals surface area contributed by atoms with E-state index in [0.29, 0.717) is 30.9 Å². The number of hydrogen-bond donors (Lipinski definition) is 1. The van der Waals surface area contributed by atoms with E-state index in [1.165, 1.54) is 29.6 Å². The molecule has 6 nitrogen and oxygen atoms in total. The van der Waals surface area contributed by atoms with E-state index in [2.05, 4.69) is 5.32 Å². The van der Waals surface area contributed by atoms with Gasteiger partial charge in [-0.1, -0.05) is 25.1 Å². The first-order chi connectivity index (χ1) is 12.5. The zero-order valence-corrected chi connectivity index (χ0v) is 15.7. The van der Waals surface area contributed by atoms with Gasteiger partial charge < -0.3 is 10.1 Å². The van der Waals surface area contributed by atoms with Crippen molar-refractivity contribution in [3.63, 3.8) is 0 Å². The van der Waals surface area contributed by atoms with Gasteiger partial charge in [0.25, 0.3) is 15.9 Å².